The minimum Gasteiger partial charge on any atom is -0.490 e. The predicted molar refractivity (Wildman–Crippen MR) is 99.4 cm³/mol. The molecular weight excluding hydrogens is 384 g/mol. The van der Waals surface area contributed by atoms with Crippen molar-refractivity contribution in [2.75, 3.05) is 39.4 Å². The Morgan fingerprint density at radius 3 is 2.69 bits per heavy atom. The van der Waals surface area contributed by atoms with E-state index in [1.165, 1.54) is 12.1 Å². The van der Waals surface area contributed by atoms with Gasteiger partial charge in [-0.2, -0.15) is 0 Å². The molecule has 4 rings (SSSR count). The average molecular weight is 409 g/mol. The summed E-state index contributed by atoms with van der Waals surface area (Å²) in [5, 5.41) is 2.91. The predicted octanol–water partition coefficient (Wildman–Crippen LogP) is 1.76. The number of carbonyl (C=O) groups is 2. The topological polar surface area (TPSA) is 71.1 Å². The second-order valence-corrected chi connectivity index (χ2v) is 7.86. The molecule has 1 aromatic carbocycles. The summed E-state index contributed by atoms with van der Waals surface area (Å²) >= 11 is 0. The van der Waals surface area contributed by atoms with Gasteiger partial charge in [0.25, 0.3) is 0 Å². The number of nitrogens with zero attached hydrogens (tertiary/aromatic N) is 2. The minimum absolute atomic E-state index is 0.0211. The van der Waals surface area contributed by atoms with Gasteiger partial charge < -0.3 is 24.6 Å². The van der Waals surface area contributed by atoms with E-state index < -0.39 is 11.6 Å². The number of amides is 3. The van der Waals surface area contributed by atoms with E-state index >= 15 is 0 Å². The SMILES string of the molecule is O=C1COC2CCN(C(=O)N3CCC(COc4ccc(F)cc4F)CC3)C[C@@H]2N1. The number of hydrogen-bond donors (Lipinski definition) is 1. The van der Waals surface area contributed by atoms with Gasteiger partial charge in [-0.25, -0.2) is 13.6 Å². The summed E-state index contributed by atoms with van der Waals surface area (Å²) in [6.07, 6.45) is 2.21. The van der Waals surface area contributed by atoms with Crippen molar-refractivity contribution in [3.05, 3.63) is 29.8 Å². The maximum atomic E-state index is 13.7. The zero-order valence-electron chi connectivity index (χ0n) is 16.1. The molecule has 29 heavy (non-hydrogen) atoms. The summed E-state index contributed by atoms with van der Waals surface area (Å²) in [6.45, 7) is 2.71. The third-order valence-electron chi connectivity index (χ3n) is 5.85. The maximum absolute atomic E-state index is 13.7. The van der Waals surface area contributed by atoms with Crippen molar-refractivity contribution < 1.29 is 27.8 Å². The number of rotatable bonds is 3. The number of morpholine rings is 1. The van der Waals surface area contributed by atoms with Crippen molar-refractivity contribution in [2.24, 2.45) is 5.92 Å². The lowest BCUT2D eigenvalue weighted by molar-refractivity contribution is -0.139. The summed E-state index contributed by atoms with van der Waals surface area (Å²) in [7, 11) is 0. The van der Waals surface area contributed by atoms with Crippen molar-refractivity contribution >= 4 is 11.9 Å². The van der Waals surface area contributed by atoms with Gasteiger partial charge in [0.1, 0.15) is 12.4 Å². The highest BCUT2D eigenvalue weighted by molar-refractivity contribution is 5.79. The third-order valence-corrected chi connectivity index (χ3v) is 5.85. The summed E-state index contributed by atoms with van der Waals surface area (Å²) in [6, 6.07) is 3.10. The van der Waals surface area contributed by atoms with E-state index in [-0.39, 0.29) is 42.4 Å². The number of piperidine rings is 2. The fraction of sp³-hybridized carbons (Fsp3) is 0.600. The second-order valence-electron chi connectivity index (χ2n) is 7.86. The van der Waals surface area contributed by atoms with Crippen LogP contribution >= 0.6 is 0 Å². The zero-order chi connectivity index (χ0) is 20.4. The van der Waals surface area contributed by atoms with Crippen LogP contribution in [0.4, 0.5) is 13.6 Å². The Kier molecular flexibility index (Phi) is 5.84. The maximum Gasteiger partial charge on any atom is 0.320 e. The number of ether oxygens (including phenoxy) is 2. The fourth-order valence-electron chi connectivity index (χ4n) is 4.16. The van der Waals surface area contributed by atoms with Gasteiger partial charge in [0.05, 0.1) is 18.8 Å². The first-order valence-corrected chi connectivity index (χ1v) is 10.0. The molecular formula is C20H25F2N3O4. The molecule has 3 saturated heterocycles. The monoisotopic (exact) mass is 409 g/mol. The van der Waals surface area contributed by atoms with Gasteiger partial charge >= 0.3 is 6.03 Å². The molecule has 7 nitrogen and oxygen atoms in total. The van der Waals surface area contributed by atoms with Crippen LogP contribution in [-0.2, 0) is 9.53 Å². The number of hydrogen-bond acceptors (Lipinski definition) is 4. The van der Waals surface area contributed by atoms with Crippen molar-refractivity contribution in [1.29, 1.82) is 0 Å². The van der Waals surface area contributed by atoms with E-state index in [4.69, 9.17) is 9.47 Å². The van der Waals surface area contributed by atoms with Gasteiger partial charge in [0.15, 0.2) is 11.6 Å². The summed E-state index contributed by atoms with van der Waals surface area (Å²) < 4.78 is 37.7. The Hall–Kier alpha value is -2.42. The summed E-state index contributed by atoms with van der Waals surface area (Å²) in [5.74, 6) is -1.23. The van der Waals surface area contributed by atoms with E-state index in [1.807, 2.05) is 4.90 Å². The van der Waals surface area contributed by atoms with E-state index in [1.54, 1.807) is 4.90 Å². The third kappa shape index (κ3) is 4.60. The number of halogens is 2. The van der Waals surface area contributed by atoms with Crippen LogP contribution in [0.25, 0.3) is 0 Å². The first-order valence-electron chi connectivity index (χ1n) is 10.0. The molecule has 0 bridgehead atoms. The van der Waals surface area contributed by atoms with E-state index in [0.29, 0.717) is 39.2 Å². The zero-order valence-corrected chi connectivity index (χ0v) is 16.1. The molecule has 9 heteroatoms. The van der Waals surface area contributed by atoms with Gasteiger partial charge in [-0.3, -0.25) is 4.79 Å². The van der Waals surface area contributed by atoms with Crippen LogP contribution in [-0.4, -0.2) is 73.3 Å². The summed E-state index contributed by atoms with van der Waals surface area (Å²) in [5.41, 5.74) is 0. The van der Waals surface area contributed by atoms with Gasteiger partial charge in [0, 0.05) is 32.2 Å². The molecule has 0 saturated carbocycles. The molecule has 1 N–H and O–H groups in total. The largest absolute Gasteiger partial charge is 0.490 e. The molecule has 0 radical (unpaired) electrons. The minimum atomic E-state index is -0.709. The first kappa shape index (κ1) is 19.9. The molecule has 1 aromatic rings. The van der Waals surface area contributed by atoms with E-state index in [9.17, 15) is 18.4 Å². The fourth-order valence-corrected chi connectivity index (χ4v) is 4.16. The Labute approximate surface area is 167 Å². The molecule has 3 fully saturated rings. The highest BCUT2D eigenvalue weighted by Gasteiger charge is 2.38. The molecule has 0 spiro atoms. The van der Waals surface area contributed by atoms with Crippen LogP contribution in [0.5, 0.6) is 5.75 Å². The molecule has 3 amide bonds. The normalized spacial score (nSPS) is 25.4. The van der Waals surface area contributed by atoms with Crippen LogP contribution in [0, 0.1) is 17.6 Å². The number of fused-ring (bicyclic) bond motifs is 1. The average Bonchev–Trinajstić information content (AvgIpc) is 2.72. The standard InChI is InChI=1S/C20H25F2N3O4/c21-14-1-2-17(15(22)9-14)28-11-13-3-6-24(7-4-13)20(27)25-8-5-18-16(10-25)23-19(26)12-29-18/h1-2,9,13,16,18H,3-8,10-12H2,(H,23,26)/t16-,18?/m0/s1. The smallest absolute Gasteiger partial charge is 0.320 e. The van der Waals surface area contributed by atoms with Gasteiger partial charge in [0.2, 0.25) is 5.91 Å². The van der Waals surface area contributed by atoms with Crippen LogP contribution < -0.4 is 10.1 Å². The lowest BCUT2D eigenvalue weighted by Gasteiger charge is -2.43. The molecule has 3 heterocycles. The Morgan fingerprint density at radius 2 is 1.93 bits per heavy atom. The van der Waals surface area contributed by atoms with Crippen LogP contribution in [0.15, 0.2) is 18.2 Å². The van der Waals surface area contributed by atoms with Crippen molar-refractivity contribution in [1.82, 2.24) is 15.1 Å². The molecule has 0 aliphatic carbocycles. The van der Waals surface area contributed by atoms with Gasteiger partial charge in [-0.15, -0.1) is 0 Å². The lowest BCUT2D eigenvalue weighted by Crippen LogP contribution is -2.62. The molecule has 3 aliphatic heterocycles. The van der Waals surface area contributed by atoms with Gasteiger partial charge in [-0.05, 0) is 37.3 Å². The lowest BCUT2D eigenvalue weighted by atomic mass is 9.97. The van der Waals surface area contributed by atoms with E-state index in [0.717, 1.165) is 18.9 Å². The molecule has 0 aromatic heterocycles. The second kappa shape index (κ2) is 8.52. The van der Waals surface area contributed by atoms with E-state index in [2.05, 4.69) is 5.32 Å². The molecule has 158 valence electrons. The Bertz CT molecular complexity index is 770. The molecule has 2 atom stereocenters. The van der Waals surface area contributed by atoms with Crippen LogP contribution in [0.1, 0.15) is 19.3 Å². The van der Waals surface area contributed by atoms with Crippen molar-refractivity contribution in [3.63, 3.8) is 0 Å². The van der Waals surface area contributed by atoms with Crippen molar-refractivity contribution in [3.8, 4) is 5.75 Å². The first-order chi connectivity index (χ1) is 14.0. The highest BCUT2D eigenvalue weighted by atomic mass is 19.1. The van der Waals surface area contributed by atoms with Gasteiger partial charge in [-0.1, -0.05) is 0 Å². The summed E-state index contributed by atoms with van der Waals surface area (Å²) in [4.78, 5) is 28.0. The number of benzene rings is 1. The quantitative estimate of drug-likeness (QED) is 0.826. The highest BCUT2D eigenvalue weighted by Crippen LogP contribution is 2.24. The Balaban J connectivity index is 1.24. The van der Waals surface area contributed by atoms with Crippen LogP contribution in [0.2, 0.25) is 0 Å². The number of likely N-dealkylation sites (tertiary alicyclic amines) is 2. The van der Waals surface area contributed by atoms with Crippen molar-refractivity contribution in [2.45, 2.75) is 31.4 Å². The number of carbonyl (C=O) groups excluding carboxylic acids is 2. The Morgan fingerprint density at radius 1 is 1.17 bits per heavy atom. The molecule has 3 aliphatic rings. The number of nitrogens with one attached hydrogen (secondary N) is 1. The number of urea groups is 1. The van der Waals surface area contributed by atoms with Crippen LogP contribution in [0.3, 0.4) is 0 Å². The molecule has 1 unspecified atom stereocenters.